The largest absolute Gasteiger partial charge is 0.461 e. The molecule has 4 heteroatoms. The lowest BCUT2D eigenvalue weighted by Gasteiger charge is -2.04. The molecule has 0 atom stereocenters. The maximum atomic E-state index is 11.3. The molecular weight excluding hydrogens is 186 g/mol. The Hall–Kier alpha value is -1.16. The molecule has 0 unspecified atom stereocenters. The number of carbonyl (C=O) groups is 1. The van der Waals surface area contributed by atoms with Crippen molar-refractivity contribution in [1.82, 2.24) is 0 Å². The smallest absolute Gasteiger partial charge is 0.340 e. The highest BCUT2D eigenvalue weighted by atomic mass is 32.1. The quantitative estimate of drug-likeness (QED) is 0.437. The molecule has 0 fully saturated rings. The topological polar surface area (TPSA) is 52.3 Å². The van der Waals surface area contributed by atoms with Gasteiger partial charge in [0.2, 0.25) is 0 Å². The molecule has 13 heavy (non-hydrogen) atoms. The lowest BCUT2D eigenvalue weighted by molar-refractivity contribution is 0.0532. The first-order valence-electron chi connectivity index (χ1n) is 3.88. The van der Waals surface area contributed by atoms with Crippen molar-refractivity contribution in [1.29, 1.82) is 0 Å². The maximum absolute atomic E-state index is 11.3. The fraction of sp³-hybridized carbons (Fsp3) is 0.222. The summed E-state index contributed by atoms with van der Waals surface area (Å²) in [6.07, 6.45) is 0. The van der Waals surface area contributed by atoms with Crippen LogP contribution in [0.4, 0.5) is 5.69 Å². The molecule has 0 amide bonds. The van der Waals surface area contributed by atoms with Crippen LogP contribution in [0.3, 0.4) is 0 Å². The van der Waals surface area contributed by atoms with Crippen molar-refractivity contribution < 1.29 is 9.53 Å². The Labute approximate surface area is 82.3 Å². The van der Waals surface area contributed by atoms with Gasteiger partial charge in [0, 0.05) is 11.4 Å². The predicted octanol–water partition coefficient (Wildman–Crippen LogP) is 1.36. The zero-order valence-corrected chi connectivity index (χ0v) is 7.96. The van der Waals surface area contributed by atoms with E-state index in [9.17, 15) is 4.79 Å². The monoisotopic (exact) mass is 197 g/mol. The fourth-order valence-electron chi connectivity index (χ4n) is 0.899. The molecule has 0 spiro atoms. The molecule has 1 aromatic carbocycles. The van der Waals surface area contributed by atoms with Gasteiger partial charge in [0.25, 0.3) is 0 Å². The molecule has 1 rings (SSSR count). The van der Waals surface area contributed by atoms with E-state index in [0.717, 1.165) is 0 Å². The van der Waals surface area contributed by atoms with Gasteiger partial charge in [-0.1, -0.05) is 12.1 Å². The summed E-state index contributed by atoms with van der Waals surface area (Å²) in [5.74, 6) is 0.116. The van der Waals surface area contributed by atoms with Crippen LogP contribution in [0, 0.1) is 0 Å². The molecule has 0 radical (unpaired) electrons. The van der Waals surface area contributed by atoms with E-state index in [-0.39, 0.29) is 0 Å². The van der Waals surface area contributed by atoms with E-state index in [4.69, 9.17) is 10.5 Å². The molecule has 0 aliphatic rings. The predicted molar refractivity (Wildman–Crippen MR) is 55.0 cm³/mol. The van der Waals surface area contributed by atoms with Gasteiger partial charge in [-0.05, 0) is 12.1 Å². The number of hydrogen-bond donors (Lipinski definition) is 2. The Kier molecular flexibility index (Phi) is 3.64. The average molecular weight is 197 g/mol. The molecule has 1 aromatic rings. The third-order valence-electron chi connectivity index (χ3n) is 1.51. The molecule has 0 bridgehead atoms. The maximum Gasteiger partial charge on any atom is 0.340 e. The summed E-state index contributed by atoms with van der Waals surface area (Å²) in [6, 6.07) is 6.81. The summed E-state index contributed by atoms with van der Waals surface area (Å²) in [5, 5.41) is 0. The van der Waals surface area contributed by atoms with Gasteiger partial charge in [-0.3, -0.25) is 0 Å². The van der Waals surface area contributed by atoms with Gasteiger partial charge in [0.1, 0.15) is 6.61 Å². The minimum absolute atomic E-state index is 0.302. The second kappa shape index (κ2) is 4.77. The van der Waals surface area contributed by atoms with Crippen LogP contribution in [-0.4, -0.2) is 18.3 Å². The summed E-state index contributed by atoms with van der Waals surface area (Å²) >= 11 is 3.93. The van der Waals surface area contributed by atoms with Crippen LogP contribution in [0.2, 0.25) is 0 Å². The number of hydrogen-bond acceptors (Lipinski definition) is 4. The molecule has 0 saturated heterocycles. The van der Waals surface area contributed by atoms with Crippen molar-refractivity contribution in [2.45, 2.75) is 0 Å². The number of nitrogens with two attached hydrogens (primary N) is 1. The molecule has 3 nitrogen and oxygen atoms in total. The van der Waals surface area contributed by atoms with Crippen molar-refractivity contribution in [3.05, 3.63) is 29.8 Å². The Morgan fingerprint density at radius 1 is 1.46 bits per heavy atom. The SMILES string of the molecule is Nc1ccccc1C(=O)OCCS. The molecule has 0 aliphatic heterocycles. The first kappa shape index (κ1) is 9.92. The van der Waals surface area contributed by atoms with Crippen molar-refractivity contribution in [2.24, 2.45) is 0 Å². The number of thiol groups is 1. The number of carbonyl (C=O) groups excluding carboxylic acids is 1. The summed E-state index contributed by atoms with van der Waals surface area (Å²) in [4.78, 5) is 11.3. The van der Waals surface area contributed by atoms with Crippen molar-refractivity contribution in [2.75, 3.05) is 18.1 Å². The van der Waals surface area contributed by atoms with Crippen LogP contribution >= 0.6 is 12.6 Å². The Bertz CT molecular complexity index is 301. The fourth-order valence-corrected chi connectivity index (χ4v) is 0.990. The number of benzene rings is 1. The number of esters is 1. The highest BCUT2D eigenvalue weighted by Gasteiger charge is 2.08. The first-order chi connectivity index (χ1) is 6.25. The van der Waals surface area contributed by atoms with Gasteiger partial charge >= 0.3 is 5.97 Å². The molecule has 0 aromatic heterocycles. The molecular formula is C9H11NO2S. The van der Waals surface area contributed by atoms with Crippen LogP contribution in [0.5, 0.6) is 0 Å². The van der Waals surface area contributed by atoms with Gasteiger partial charge in [0.15, 0.2) is 0 Å². The third-order valence-corrected chi connectivity index (χ3v) is 1.69. The number of para-hydroxylation sites is 1. The summed E-state index contributed by atoms with van der Waals surface area (Å²) in [6.45, 7) is 0.302. The summed E-state index contributed by atoms with van der Waals surface area (Å²) in [5.41, 5.74) is 6.42. The van der Waals surface area contributed by atoms with E-state index < -0.39 is 5.97 Å². The van der Waals surface area contributed by atoms with Crippen molar-refractivity contribution in [3.63, 3.8) is 0 Å². The van der Waals surface area contributed by atoms with Crippen LogP contribution in [-0.2, 0) is 4.74 Å². The molecule has 0 aliphatic carbocycles. The number of ether oxygens (including phenoxy) is 1. The number of anilines is 1. The van der Waals surface area contributed by atoms with Gasteiger partial charge in [-0.15, -0.1) is 0 Å². The second-order valence-corrected chi connectivity index (χ2v) is 2.89. The van der Waals surface area contributed by atoms with Crippen molar-refractivity contribution >= 4 is 24.3 Å². The molecule has 0 heterocycles. The van der Waals surface area contributed by atoms with Crippen molar-refractivity contribution in [3.8, 4) is 0 Å². The van der Waals surface area contributed by atoms with E-state index in [1.165, 1.54) is 0 Å². The third kappa shape index (κ3) is 2.66. The van der Waals surface area contributed by atoms with Gasteiger partial charge < -0.3 is 10.5 Å². The lowest BCUT2D eigenvalue weighted by Crippen LogP contribution is -2.09. The average Bonchev–Trinajstić information content (AvgIpc) is 2.15. The van der Waals surface area contributed by atoms with Gasteiger partial charge in [-0.25, -0.2) is 4.79 Å². The minimum atomic E-state index is -0.396. The van der Waals surface area contributed by atoms with E-state index in [0.29, 0.717) is 23.6 Å². The first-order valence-corrected chi connectivity index (χ1v) is 4.51. The van der Waals surface area contributed by atoms with E-state index in [1.807, 2.05) is 0 Å². The van der Waals surface area contributed by atoms with Crippen LogP contribution in [0.25, 0.3) is 0 Å². The molecule has 2 N–H and O–H groups in total. The zero-order valence-electron chi connectivity index (χ0n) is 7.06. The van der Waals surface area contributed by atoms with Crippen LogP contribution < -0.4 is 5.73 Å². The van der Waals surface area contributed by atoms with E-state index >= 15 is 0 Å². The Morgan fingerprint density at radius 2 is 2.15 bits per heavy atom. The second-order valence-electron chi connectivity index (χ2n) is 2.45. The number of nitrogen functional groups attached to an aromatic ring is 1. The normalized spacial score (nSPS) is 9.62. The minimum Gasteiger partial charge on any atom is -0.461 e. The summed E-state index contributed by atoms with van der Waals surface area (Å²) < 4.78 is 4.86. The highest BCUT2D eigenvalue weighted by Crippen LogP contribution is 2.11. The zero-order chi connectivity index (χ0) is 9.68. The number of rotatable bonds is 3. The Balaban J connectivity index is 2.71. The van der Waals surface area contributed by atoms with E-state index in [2.05, 4.69) is 12.6 Å². The Morgan fingerprint density at radius 3 is 2.77 bits per heavy atom. The van der Waals surface area contributed by atoms with Gasteiger partial charge in [-0.2, -0.15) is 12.6 Å². The van der Waals surface area contributed by atoms with Crippen LogP contribution in [0.15, 0.2) is 24.3 Å². The summed E-state index contributed by atoms with van der Waals surface area (Å²) in [7, 11) is 0. The standard InChI is InChI=1S/C9H11NO2S/c10-8-4-2-1-3-7(8)9(11)12-5-6-13/h1-4,13H,5-6,10H2. The van der Waals surface area contributed by atoms with Gasteiger partial charge in [0.05, 0.1) is 5.56 Å². The lowest BCUT2D eigenvalue weighted by atomic mass is 10.2. The molecule has 0 saturated carbocycles. The van der Waals surface area contributed by atoms with Crippen LogP contribution in [0.1, 0.15) is 10.4 Å². The van der Waals surface area contributed by atoms with E-state index in [1.54, 1.807) is 24.3 Å². The molecule has 70 valence electrons. The highest BCUT2D eigenvalue weighted by molar-refractivity contribution is 7.80.